The van der Waals surface area contributed by atoms with Crippen LogP contribution in [0.1, 0.15) is 45.9 Å². The number of anilines is 1. The van der Waals surface area contributed by atoms with Gasteiger partial charge in [-0.25, -0.2) is 4.98 Å². The van der Waals surface area contributed by atoms with Gasteiger partial charge >= 0.3 is 0 Å². The van der Waals surface area contributed by atoms with Gasteiger partial charge in [0.05, 0.1) is 18.8 Å². The maximum atomic E-state index is 5.85. The summed E-state index contributed by atoms with van der Waals surface area (Å²) in [6.07, 6.45) is 0.243. The summed E-state index contributed by atoms with van der Waals surface area (Å²) in [5.74, 6) is 1.03. The molecule has 4 heteroatoms. The van der Waals surface area contributed by atoms with Crippen LogP contribution in [0.4, 0.5) is 5.82 Å². The maximum absolute atomic E-state index is 5.85. The molecule has 0 aromatic carbocycles. The van der Waals surface area contributed by atoms with Crippen LogP contribution in [0.2, 0.25) is 0 Å². The average molecular weight is 277 g/mol. The molecule has 2 N–H and O–H groups in total. The molecule has 2 atom stereocenters. The molecule has 112 valence electrons. The largest absolute Gasteiger partial charge is 0.375 e. The Bertz CT molecular complexity index is 467. The van der Waals surface area contributed by atoms with Crippen molar-refractivity contribution >= 4 is 5.82 Å². The van der Waals surface area contributed by atoms with Crippen molar-refractivity contribution in [2.45, 2.75) is 58.7 Å². The van der Waals surface area contributed by atoms with Crippen molar-refractivity contribution in [2.75, 3.05) is 18.1 Å². The summed E-state index contributed by atoms with van der Waals surface area (Å²) in [5.41, 5.74) is 8.12. The molecule has 0 bridgehead atoms. The normalized spacial score (nSPS) is 24.0. The van der Waals surface area contributed by atoms with E-state index < -0.39 is 0 Å². The van der Waals surface area contributed by atoms with Gasteiger partial charge in [0.2, 0.25) is 0 Å². The Balaban J connectivity index is 2.39. The molecule has 20 heavy (non-hydrogen) atoms. The summed E-state index contributed by atoms with van der Waals surface area (Å²) < 4.78 is 5.70. The first-order chi connectivity index (χ1) is 9.31. The molecule has 2 unspecified atom stereocenters. The molecule has 1 fully saturated rings. The van der Waals surface area contributed by atoms with E-state index in [-0.39, 0.29) is 11.5 Å². The molecule has 0 aliphatic carbocycles. The predicted molar refractivity (Wildman–Crippen MR) is 83.1 cm³/mol. The van der Waals surface area contributed by atoms with E-state index in [1.54, 1.807) is 0 Å². The lowest BCUT2D eigenvalue weighted by Gasteiger charge is -2.38. The van der Waals surface area contributed by atoms with E-state index in [4.69, 9.17) is 15.5 Å². The van der Waals surface area contributed by atoms with Crippen LogP contribution in [0.5, 0.6) is 0 Å². The van der Waals surface area contributed by atoms with Crippen molar-refractivity contribution in [1.82, 2.24) is 4.98 Å². The zero-order chi connectivity index (χ0) is 14.9. The number of hydrogen-bond acceptors (Lipinski definition) is 4. The van der Waals surface area contributed by atoms with Crippen LogP contribution >= 0.6 is 0 Å². The van der Waals surface area contributed by atoms with Gasteiger partial charge in [-0.1, -0.05) is 20.8 Å². The van der Waals surface area contributed by atoms with E-state index in [9.17, 15) is 0 Å². The number of nitrogens with two attached hydrogens (primary N) is 1. The van der Waals surface area contributed by atoms with Crippen molar-refractivity contribution in [3.63, 3.8) is 0 Å². The Labute approximate surface area is 122 Å². The standard InChI is InChI=1S/C16H27N3O/c1-11-10-20-12(2)9-19(11)15-7-13(8-17)6-14(18-15)16(3,4)5/h6-7,11-12H,8-10,17H2,1-5H3. The predicted octanol–water partition coefficient (Wildman–Crippen LogP) is 2.45. The summed E-state index contributed by atoms with van der Waals surface area (Å²) in [4.78, 5) is 7.21. The summed E-state index contributed by atoms with van der Waals surface area (Å²) >= 11 is 0. The van der Waals surface area contributed by atoms with Gasteiger partial charge in [-0.05, 0) is 31.5 Å². The van der Waals surface area contributed by atoms with Gasteiger partial charge in [0.1, 0.15) is 5.82 Å². The lowest BCUT2D eigenvalue weighted by atomic mass is 9.90. The highest BCUT2D eigenvalue weighted by Crippen LogP contribution is 2.27. The second-order valence-electron chi connectivity index (χ2n) is 6.82. The van der Waals surface area contributed by atoms with E-state index >= 15 is 0 Å². The highest BCUT2D eigenvalue weighted by atomic mass is 16.5. The average Bonchev–Trinajstić information content (AvgIpc) is 2.40. The Kier molecular flexibility index (Phi) is 4.35. The molecule has 1 saturated heterocycles. The molecule has 4 nitrogen and oxygen atoms in total. The lowest BCUT2D eigenvalue weighted by molar-refractivity contribution is 0.0340. The second-order valence-corrected chi connectivity index (χ2v) is 6.82. The molecule has 2 heterocycles. The molecule has 1 aliphatic rings. The number of ether oxygens (including phenoxy) is 1. The van der Waals surface area contributed by atoms with Crippen LogP contribution in [-0.2, 0) is 16.7 Å². The van der Waals surface area contributed by atoms with Crippen LogP contribution < -0.4 is 10.6 Å². The minimum Gasteiger partial charge on any atom is -0.375 e. The molecule has 2 rings (SSSR count). The van der Waals surface area contributed by atoms with E-state index in [2.05, 4.69) is 51.7 Å². The Hall–Kier alpha value is -1.13. The summed E-state index contributed by atoms with van der Waals surface area (Å²) in [5, 5.41) is 0. The summed E-state index contributed by atoms with van der Waals surface area (Å²) in [6, 6.07) is 4.58. The zero-order valence-corrected chi connectivity index (χ0v) is 13.3. The Morgan fingerprint density at radius 2 is 2.05 bits per heavy atom. The SMILES string of the molecule is CC1CN(c2cc(CN)cc(C(C)(C)C)n2)C(C)CO1. The number of aromatic nitrogens is 1. The fraction of sp³-hybridized carbons (Fsp3) is 0.688. The highest BCUT2D eigenvalue weighted by Gasteiger charge is 2.26. The van der Waals surface area contributed by atoms with Gasteiger partial charge in [-0.15, -0.1) is 0 Å². The van der Waals surface area contributed by atoms with Crippen molar-refractivity contribution in [1.29, 1.82) is 0 Å². The van der Waals surface area contributed by atoms with Gasteiger partial charge in [0.25, 0.3) is 0 Å². The third-order valence-corrected chi connectivity index (χ3v) is 3.78. The minimum atomic E-state index is 0.0288. The molecular weight excluding hydrogens is 250 g/mol. The third kappa shape index (κ3) is 3.30. The van der Waals surface area contributed by atoms with E-state index in [0.29, 0.717) is 12.6 Å². The number of nitrogens with zero attached hydrogens (tertiary/aromatic N) is 2. The van der Waals surface area contributed by atoms with E-state index in [1.807, 2.05) is 0 Å². The monoisotopic (exact) mass is 277 g/mol. The highest BCUT2D eigenvalue weighted by molar-refractivity contribution is 5.45. The molecule has 0 saturated carbocycles. The van der Waals surface area contributed by atoms with Crippen molar-refractivity contribution in [2.24, 2.45) is 5.73 Å². The Morgan fingerprint density at radius 3 is 2.65 bits per heavy atom. The first-order valence-electron chi connectivity index (χ1n) is 7.41. The molecule has 0 radical (unpaired) electrons. The van der Waals surface area contributed by atoms with Crippen molar-refractivity contribution in [3.05, 3.63) is 23.4 Å². The van der Waals surface area contributed by atoms with Crippen LogP contribution in [-0.4, -0.2) is 30.3 Å². The van der Waals surface area contributed by atoms with E-state index in [1.165, 1.54) is 0 Å². The molecule has 1 aromatic rings. The van der Waals surface area contributed by atoms with Gasteiger partial charge in [-0.3, -0.25) is 0 Å². The lowest BCUT2D eigenvalue weighted by Crippen LogP contribution is -2.48. The zero-order valence-electron chi connectivity index (χ0n) is 13.3. The maximum Gasteiger partial charge on any atom is 0.129 e. The quantitative estimate of drug-likeness (QED) is 0.902. The van der Waals surface area contributed by atoms with Crippen molar-refractivity contribution < 1.29 is 4.74 Å². The van der Waals surface area contributed by atoms with E-state index in [0.717, 1.165) is 30.2 Å². The second kappa shape index (κ2) is 5.70. The van der Waals surface area contributed by atoms with Gasteiger partial charge in [-0.2, -0.15) is 0 Å². The van der Waals surface area contributed by atoms with Crippen LogP contribution in [0, 0.1) is 0 Å². The molecular formula is C16H27N3O. The molecule has 0 amide bonds. The first kappa shape index (κ1) is 15.3. The summed E-state index contributed by atoms with van der Waals surface area (Å²) in [6.45, 7) is 13.0. The number of pyridine rings is 1. The molecule has 0 spiro atoms. The van der Waals surface area contributed by atoms with Gasteiger partial charge in [0.15, 0.2) is 0 Å². The minimum absolute atomic E-state index is 0.0288. The fourth-order valence-corrected chi connectivity index (χ4v) is 2.44. The number of morpholine rings is 1. The molecule has 1 aliphatic heterocycles. The molecule has 1 aromatic heterocycles. The van der Waals surface area contributed by atoms with Crippen LogP contribution in [0.15, 0.2) is 12.1 Å². The first-order valence-corrected chi connectivity index (χ1v) is 7.41. The van der Waals surface area contributed by atoms with Crippen LogP contribution in [0.25, 0.3) is 0 Å². The fourth-order valence-electron chi connectivity index (χ4n) is 2.44. The number of rotatable bonds is 2. The Morgan fingerprint density at radius 1 is 1.35 bits per heavy atom. The third-order valence-electron chi connectivity index (χ3n) is 3.78. The van der Waals surface area contributed by atoms with Crippen molar-refractivity contribution in [3.8, 4) is 0 Å². The van der Waals surface area contributed by atoms with Gasteiger partial charge < -0.3 is 15.4 Å². The van der Waals surface area contributed by atoms with Crippen LogP contribution in [0.3, 0.4) is 0 Å². The topological polar surface area (TPSA) is 51.4 Å². The number of hydrogen-bond donors (Lipinski definition) is 1. The smallest absolute Gasteiger partial charge is 0.129 e. The van der Waals surface area contributed by atoms with Gasteiger partial charge in [0, 0.05) is 24.2 Å². The summed E-state index contributed by atoms with van der Waals surface area (Å²) in [7, 11) is 0.